The average Bonchev–Trinajstić information content (AvgIpc) is 3.03. The molecular formula is C27H32O2. The predicted molar refractivity (Wildman–Crippen MR) is 114 cm³/mol. The summed E-state index contributed by atoms with van der Waals surface area (Å²) in [5.74, 6) is 4.16. The van der Waals surface area contributed by atoms with Gasteiger partial charge in [-0.1, -0.05) is 37.3 Å². The van der Waals surface area contributed by atoms with Gasteiger partial charge in [-0.25, -0.2) is 0 Å². The third kappa shape index (κ3) is 2.26. The summed E-state index contributed by atoms with van der Waals surface area (Å²) in [6, 6.07) is 9.14. The lowest BCUT2D eigenvalue weighted by Gasteiger charge is -2.62. The molecule has 29 heavy (non-hydrogen) atoms. The van der Waals surface area contributed by atoms with E-state index in [1.165, 1.54) is 24.2 Å². The molecule has 0 aromatic heterocycles. The molecule has 2 saturated carbocycles. The molecule has 2 heteroatoms. The van der Waals surface area contributed by atoms with Crippen molar-refractivity contribution in [3.8, 4) is 0 Å². The van der Waals surface area contributed by atoms with Crippen LogP contribution in [0.1, 0.15) is 69.4 Å². The van der Waals surface area contributed by atoms with E-state index in [2.05, 4.69) is 50.3 Å². The summed E-state index contributed by atoms with van der Waals surface area (Å²) in [6.45, 7) is 5.15. The molecule has 1 spiro atoms. The summed E-state index contributed by atoms with van der Waals surface area (Å²) in [5, 5.41) is 0. The topological polar surface area (TPSA) is 26.3 Å². The second-order valence-electron chi connectivity index (χ2n) is 10.5. The number of ketones is 1. The van der Waals surface area contributed by atoms with Crippen LogP contribution in [0.15, 0.2) is 47.7 Å². The van der Waals surface area contributed by atoms with Crippen LogP contribution in [0.25, 0.3) is 0 Å². The monoisotopic (exact) mass is 388 g/mol. The Hall–Kier alpha value is -1.83. The van der Waals surface area contributed by atoms with Crippen LogP contribution in [0.4, 0.5) is 0 Å². The summed E-state index contributed by atoms with van der Waals surface area (Å²) >= 11 is 0. The molecular weight excluding hydrogens is 356 g/mol. The summed E-state index contributed by atoms with van der Waals surface area (Å²) in [4.78, 5) is 13.0. The quantitative estimate of drug-likeness (QED) is 0.623. The lowest BCUT2D eigenvalue weighted by atomic mass is 9.41. The van der Waals surface area contributed by atoms with Crippen molar-refractivity contribution < 1.29 is 9.53 Å². The van der Waals surface area contributed by atoms with Crippen molar-refractivity contribution in [2.24, 2.45) is 28.6 Å². The van der Waals surface area contributed by atoms with E-state index in [1.54, 1.807) is 11.1 Å². The molecule has 5 aliphatic carbocycles. The first-order valence-electron chi connectivity index (χ1n) is 11.7. The van der Waals surface area contributed by atoms with Gasteiger partial charge in [-0.3, -0.25) is 4.79 Å². The highest BCUT2D eigenvalue weighted by molar-refractivity contribution is 5.87. The number of allylic oxidation sites excluding steroid dienone is 4. The highest BCUT2D eigenvalue weighted by atomic mass is 16.5. The Kier molecular flexibility index (Phi) is 3.78. The Balaban J connectivity index is 1.54. The van der Waals surface area contributed by atoms with Gasteiger partial charge in [0.05, 0.1) is 12.4 Å². The molecule has 152 valence electrons. The van der Waals surface area contributed by atoms with E-state index in [-0.39, 0.29) is 10.8 Å². The molecule has 0 radical (unpaired) electrons. The number of hydrogen-bond donors (Lipinski definition) is 0. The van der Waals surface area contributed by atoms with Crippen LogP contribution in [-0.4, -0.2) is 12.4 Å². The molecule has 1 aromatic carbocycles. The lowest BCUT2D eigenvalue weighted by Crippen LogP contribution is -2.56. The maximum absolute atomic E-state index is 13.0. The fraction of sp³-hybridized carbons (Fsp3) is 0.593. The smallest absolute Gasteiger partial charge is 0.139 e. The molecule has 0 bridgehead atoms. The number of rotatable bonds is 2. The Morgan fingerprint density at radius 3 is 2.93 bits per heavy atom. The van der Waals surface area contributed by atoms with Crippen molar-refractivity contribution >= 4 is 5.78 Å². The van der Waals surface area contributed by atoms with Crippen LogP contribution < -0.4 is 0 Å². The summed E-state index contributed by atoms with van der Waals surface area (Å²) in [5.41, 5.74) is 4.76. The van der Waals surface area contributed by atoms with Crippen LogP contribution in [0.2, 0.25) is 0 Å². The van der Waals surface area contributed by atoms with Crippen LogP contribution in [0, 0.1) is 28.6 Å². The minimum atomic E-state index is -0.107. The van der Waals surface area contributed by atoms with Gasteiger partial charge in [-0.05, 0) is 85.5 Å². The number of Topliss-reactive ketones (excluding diaryl/α,β-unsaturated/α-hetero) is 1. The Bertz CT molecular complexity index is 940. The molecule has 6 rings (SSSR count). The first-order valence-corrected chi connectivity index (χ1v) is 11.7. The third-order valence-corrected chi connectivity index (χ3v) is 9.44. The van der Waals surface area contributed by atoms with Gasteiger partial charge < -0.3 is 4.74 Å². The molecule has 1 aromatic rings. The molecule has 0 amide bonds. The Labute approximate surface area is 174 Å². The number of fused-ring (bicyclic) bond motifs is 4. The van der Waals surface area contributed by atoms with Gasteiger partial charge in [0.15, 0.2) is 0 Å². The molecule has 2 fully saturated rings. The second-order valence-corrected chi connectivity index (χ2v) is 10.5. The lowest BCUT2D eigenvalue weighted by molar-refractivity contribution is -0.133. The molecule has 0 unspecified atom stereocenters. The van der Waals surface area contributed by atoms with Crippen LogP contribution in [0.5, 0.6) is 0 Å². The highest BCUT2D eigenvalue weighted by Crippen LogP contribution is 2.70. The third-order valence-electron chi connectivity index (χ3n) is 9.44. The van der Waals surface area contributed by atoms with E-state index in [0.717, 1.165) is 38.7 Å². The number of benzene rings is 1. The molecule has 6 atom stereocenters. The largest absolute Gasteiger partial charge is 0.498 e. The van der Waals surface area contributed by atoms with Gasteiger partial charge in [0.1, 0.15) is 5.78 Å². The molecule has 0 N–H and O–H groups in total. The maximum atomic E-state index is 13.0. The number of carbonyl (C=O) groups is 1. The fourth-order valence-corrected chi connectivity index (χ4v) is 8.36. The zero-order valence-corrected chi connectivity index (χ0v) is 17.7. The van der Waals surface area contributed by atoms with Crippen LogP contribution in [0.3, 0.4) is 0 Å². The molecule has 5 aliphatic rings. The van der Waals surface area contributed by atoms with Gasteiger partial charge >= 0.3 is 0 Å². The molecule has 0 aliphatic heterocycles. The first-order chi connectivity index (χ1) is 14.1. The van der Waals surface area contributed by atoms with E-state index in [4.69, 9.17) is 4.74 Å². The zero-order valence-electron chi connectivity index (χ0n) is 17.7. The molecule has 0 saturated heterocycles. The SMILES string of the molecule is CCOC1=CC2=CC[C@@H]3[C@@H]4[C@H](C[C@]5(C)C(=O)CC[C@@H]35)c3ccccc3C[C@]24CC1. The molecule has 2 nitrogen and oxygen atoms in total. The fourth-order valence-electron chi connectivity index (χ4n) is 8.36. The van der Waals surface area contributed by atoms with Crippen molar-refractivity contribution in [1.82, 2.24) is 0 Å². The molecule has 0 heterocycles. The number of ether oxygens (including phenoxy) is 1. The van der Waals surface area contributed by atoms with E-state index in [9.17, 15) is 4.79 Å². The zero-order chi connectivity index (χ0) is 19.8. The van der Waals surface area contributed by atoms with Crippen molar-refractivity contribution in [1.29, 1.82) is 0 Å². The predicted octanol–water partition coefficient (Wildman–Crippen LogP) is 5.98. The van der Waals surface area contributed by atoms with Crippen LogP contribution in [-0.2, 0) is 16.0 Å². The van der Waals surface area contributed by atoms with E-state index >= 15 is 0 Å². The standard InChI is InChI=1S/C27H32O2/c1-3-29-19-12-13-27-15-17-6-4-5-7-20(17)22-16-26(2)23(10-11-24(26)28)21(25(22)27)9-8-18(27)14-19/h4-8,14,21-23,25H,3,9-13,15-16H2,1-2H3/t21-,22+,23-,25+,26-,27+/m0/s1. The average molecular weight is 389 g/mol. The Morgan fingerprint density at radius 1 is 1.21 bits per heavy atom. The van der Waals surface area contributed by atoms with E-state index < -0.39 is 0 Å². The van der Waals surface area contributed by atoms with Crippen molar-refractivity contribution in [2.75, 3.05) is 6.61 Å². The van der Waals surface area contributed by atoms with Crippen molar-refractivity contribution in [2.45, 2.75) is 64.7 Å². The first kappa shape index (κ1) is 18.0. The van der Waals surface area contributed by atoms with E-state index in [0.29, 0.717) is 29.5 Å². The minimum Gasteiger partial charge on any atom is -0.498 e. The summed E-state index contributed by atoms with van der Waals surface area (Å²) in [6.07, 6.45) is 12.5. The highest BCUT2D eigenvalue weighted by Gasteiger charge is 2.64. The summed E-state index contributed by atoms with van der Waals surface area (Å²) < 4.78 is 5.95. The second kappa shape index (κ2) is 6.09. The van der Waals surface area contributed by atoms with Crippen molar-refractivity contribution in [3.63, 3.8) is 0 Å². The van der Waals surface area contributed by atoms with Gasteiger partial charge in [-0.15, -0.1) is 0 Å². The summed E-state index contributed by atoms with van der Waals surface area (Å²) in [7, 11) is 0. The van der Waals surface area contributed by atoms with Crippen molar-refractivity contribution in [3.05, 3.63) is 58.9 Å². The van der Waals surface area contributed by atoms with Gasteiger partial charge in [0.2, 0.25) is 0 Å². The maximum Gasteiger partial charge on any atom is 0.139 e. The Morgan fingerprint density at radius 2 is 2.07 bits per heavy atom. The van der Waals surface area contributed by atoms with E-state index in [1.807, 2.05) is 0 Å². The van der Waals surface area contributed by atoms with Gasteiger partial charge in [0.25, 0.3) is 0 Å². The minimum absolute atomic E-state index is 0.107. The normalized spacial score (nSPS) is 42.1. The number of hydrogen-bond acceptors (Lipinski definition) is 2. The van der Waals surface area contributed by atoms with Gasteiger partial charge in [0, 0.05) is 23.7 Å². The van der Waals surface area contributed by atoms with Crippen LogP contribution >= 0.6 is 0 Å². The number of carbonyl (C=O) groups excluding carboxylic acids is 1. The van der Waals surface area contributed by atoms with Gasteiger partial charge in [-0.2, -0.15) is 0 Å².